The second-order valence-corrected chi connectivity index (χ2v) is 7.91. The van der Waals surface area contributed by atoms with E-state index in [1.54, 1.807) is 13.0 Å². The maximum Gasteiger partial charge on any atom is 0.244 e. The number of carbonyl (C=O) groups excluding carboxylic acids is 2. The molecule has 2 aromatic rings. The smallest absolute Gasteiger partial charge is 0.244 e. The molecule has 2 aromatic carbocycles. The fourth-order valence-corrected chi connectivity index (χ4v) is 3.63. The van der Waals surface area contributed by atoms with Gasteiger partial charge in [0.05, 0.1) is 0 Å². The van der Waals surface area contributed by atoms with Crippen LogP contribution in [0.2, 0.25) is 0 Å². The van der Waals surface area contributed by atoms with Crippen LogP contribution in [0.4, 0.5) is 0 Å². The van der Waals surface area contributed by atoms with Gasteiger partial charge in [-0.25, -0.2) is 0 Å². The maximum atomic E-state index is 12.8. The van der Waals surface area contributed by atoms with Gasteiger partial charge in [0.25, 0.3) is 0 Å². The summed E-state index contributed by atoms with van der Waals surface area (Å²) >= 11 is 0. The van der Waals surface area contributed by atoms with Crippen molar-refractivity contribution in [1.82, 2.24) is 15.1 Å². The molecule has 1 unspecified atom stereocenters. The Morgan fingerprint density at radius 2 is 1.73 bits per heavy atom. The minimum atomic E-state index is -0.540. The van der Waals surface area contributed by atoms with Crippen LogP contribution >= 0.6 is 0 Å². The Labute approximate surface area is 179 Å². The van der Waals surface area contributed by atoms with E-state index in [2.05, 4.69) is 41.4 Å². The average molecular weight is 406 g/mol. The molecule has 1 aliphatic rings. The van der Waals surface area contributed by atoms with E-state index in [9.17, 15) is 9.59 Å². The third-order valence-corrected chi connectivity index (χ3v) is 5.38. The van der Waals surface area contributed by atoms with Gasteiger partial charge < -0.3 is 10.2 Å². The SMILES string of the molecule is Cc1ccc(CN2CCCN(C(=O)C(C)NC(=O)C=Cc3ccccc3)CC2)cc1. The third-order valence-electron chi connectivity index (χ3n) is 5.38. The molecular weight excluding hydrogens is 374 g/mol. The van der Waals surface area contributed by atoms with Gasteiger partial charge in [0.2, 0.25) is 11.8 Å². The first-order valence-corrected chi connectivity index (χ1v) is 10.6. The molecule has 1 saturated heterocycles. The highest BCUT2D eigenvalue weighted by Crippen LogP contribution is 2.11. The highest BCUT2D eigenvalue weighted by molar-refractivity contribution is 5.95. The second kappa shape index (κ2) is 10.7. The number of nitrogens with zero attached hydrogens (tertiary/aromatic N) is 2. The van der Waals surface area contributed by atoms with Gasteiger partial charge in [-0.15, -0.1) is 0 Å². The third kappa shape index (κ3) is 6.56. The van der Waals surface area contributed by atoms with Gasteiger partial charge >= 0.3 is 0 Å². The van der Waals surface area contributed by atoms with Crippen LogP contribution < -0.4 is 5.32 Å². The van der Waals surface area contributed by atoms with Gasteiger partial charge in [-0.3, -0.25) is 14.5 Å². The van der Waals surface area contributed by atoms with Crippen LogP contribution in [-0.2, 0) is 16.1 Å². The van der Waals surface area contributed by atoms with Gasteiger partial charge in [0.1, 0.15) is 6.04 Å². The minimum absolute atomic E-state index is 0.0198. The molecule has 0 spiro atoms. The summed E-state index contributed by atoms with van der Waals surface area (Å²) in [5.41, 5.74) is 3.51. The highest BCUT2D eigenvalue weighted by Gasteiger charge is 2.24. The molecule has 0 aromatic heterocycles. The largest absolute Gasteiger partial charge is 0.341 e. The Morgan fingerprint density at radius 1 is 1.00 bits per heavy atom. The first-order valence-electron chi connectivity index (χ1n) is 10.6. The molecule has 1 fully saturated rings. The second-order valence-electron chi connectivity index (χ2n) is 7.91. The van der Waals surface area contributed by atoms with Crippen molar-refractivity contribution in [3.05, 3.63) is 77.4 Å². The fourth-order valence-electron chi connectivity index (χ4n) is 3.63. The molecule has 2 amide bonds. The van der Waals surface area contributed by atoms with E-state index in [1.165, 1.54) is 17.2 Å². The topological polar surface area (TPSA) is 52.6 Å². The monoisotopic (exact) mass is 405 g/mol. The lowest BCUT2D eigenvalue weighted by Gasteiger charge is -2.25. The number of hydrogen-bond donors (Lipinski definition) is 1. The van der Waals surface area contributed by atoms with Crippen LogP contribution in [0.25, 0.3) is 6.08 Å². The van der Waals surface area contributed by atoms with Crippen molar-refractivity contribution < 1.29 is 9.59 Å². The number of rotatable bonds is 6. The van der Waals surface area contributed by atoms with Crippen LogP contribution in [0.5, 0.6) is 0 Å². The standard InChI is InChI=1S/C25H31N3O2/c1-20-9-11-23(12-10-20)19-27-15-6-16-28(18-17-27)25(30)21(2)26-24(29)14-13-22-7-4-3-5-8-22/h3-5,7-14,21H,6,15-19H2,1-2H3,(H,26,29). The average Bonchev–Trinajstić information content (AvgIpc) is 2.99. The Bertz CT molecular complexity index is 862. The zero-order valence-corrected chi connectivity index (χ0v) is 17.9. The predicted octanol–water partition coefficient (Wildman–Crippen LogP) is 3.25. The van der Waals surface area contributed by atoms with E-state index >= 15 is 0 Å². The summed E-state index contributed by atoms with van der Waals surface area (Å²) < 4.78 is 0. The number of amides is 2. The Morgan fingerprint density at radius 3 is 2.47 bits per heavy atom. The quantitative estimate of drug-likeness (QED) is 0.751. The van der Waals surface area contributed by atoms with Gasteiger partial charge in [0.15, 0.2) is 0 Å². The number of nitrogens with one attached hydrogen (secondary N) is 1. The van der Waals surface area contributed by atoms with Crippen LogP contribution in [0, 0.1) is 6.92 Å². The molecule has 30 heavy (non-hydrogen) atoms. The maximum absolute atomic E-state index is 12.8. The number of aryl methyl sites for hydroxylation is 1. The zero-order chi connectivity index (χ0) is 21.3. The lowest BCUT2D eigenvalue weighted by atomic mass is 10.1. The van der Waals surface area contributed by atoms with E-state index in [1.807, 2.05) is 35.2 Å². The molecule has 158 valence electrons. The van der Waals surface area contributed by atoms with Gasteiger partial charge in [-0.05, 0) is 37.5 Å². The van der Waals surface area contributed by atoms with Crippen LogP contribution in [0.3, 0.4) is 0 Å². The Balaban J connectivity index is 1.48. The van der Waals surface area contributed by atoms with E-state index in [0.29, 0.717) is 6.54 Å². The summed E-state index contributed by atoms with van der Waals surface area (Å²) in [6.45, 7) is 7.97. The summed E-state index contributed by atoms with van der Waals surface area (Å²) in [7, 11) is 0. The first kappa shape index (κ1) is 21.8. The normalized spacial score (nSPS) is 16.3. The molecule has 5 nitrogen and oxygen atoms in total. The molecular formula is C25H31N3O2. The Kier molecular flexibility index (Phi) is 7.80. The predicted molar refractivity (Wildman–Crippen MR) is 121 cm³/mol. The first-order chi connectivity index (χ1) is 14.5. The van der Waals surface area contributed by atoms with Crippen molar-refractivity contribution in [1.29, 1.82) is 0 Å². The molecule has 1 heterocycles. The lowest BCUT2D eigenvalue weighted by Crippen LogP contribution is -2.47. The molecule has 5 heteroatoms. The van der Waals surface area contributed by atoms with E-state index < -0.39 is 6.04 Å². The van der Waals surface area contributed by atoms with Crippen molar-refractivity contribution in [2.75, 3.05) is 26.2 Å². The Hall–Kier alpha value is -2.92. The highest BCUT2D eigenvalue weighted by atomic mass is 16.2. The van der Waals surface area contributed by atoms with Gasteiger partial charge in [-0.1, -0.05) is 60.2 Å². The van der Waals surface area contributed by atoms with Crippen molar-refractivity contribution in [2.45, 2.75) is 32.9 Å². The van der Waals surface area contributed by atoms with Crippen LogP contribution in [0.1, 0.15) is 30.0 Å². The number of hydrogen-bond acceptors (Lipinski definition) is 3. The molecule has 3 rings (SSSR count). The number of benzene rings is 2. The summed E-state index contributed by atoms with van der Waals surface area (Å²) in [6, 6.07) is 17.7. The van der Waals surface area contributed by atoms with Crippen LogP contribution in [-0.4, -0.2) is 53.8 Å². The van der Waals surface area contributed by atoms with Crippen LogP contribution in [0.15, 0.2) is 60.7 Å². The van der Waals surface area contributed by atoms with Crippen molar-refractivity contribution in [3.8, 4) is 0 Å². The van der Waals surface area contributed by atoms with Crippen molar-refractivity contribution >= 4 is 17.9 Å². The summed E-state index contributed by atoms with van der Waals surface area (Å²) in [5, 5.41) is 2.79. The van der Waals surface area contributed by atoms with Crippen molar-refractivity contribution in [2.24, 2.45) is 0 Å². The van der Waals surface area contributed by atoms with E-state index in [-0.39, 0.29) is 11.8 Å². The van der Waals surface area contributed by atoms with Gasteiger partial charge in [0, 0.05) is 38.8 Å². The summed E-state index contributed by atoms with van der Waals surface area (Å²) in [6.07, 6.45) is 4.17. The molecule has 1 N–H and O–H groups in total. The summed E-state index contributed by atoms with van der Waals surface area (Å²) in [5.74, 6) is -0.274. The van der Waals surface area contributed by atoms with E-state index in [0.717, 1.165) is 38.2 Å². The lowest BCUT2D eigenvalue weighted by molar-refractivity contribution is -0.135. The molecule has 0 saturated carbocycles. The zero-order valence-electron chi connectivity index (χ0n) is 17.9. The molecule has 0 aliphatic carbocycles. The van der Waals surface area contributed by atoms with E-state index in [4.69, 9.17) is 0 Å². The molecule has 0 bridgehead atoms. The summed E-state index contributed by atoms with van der Waals surface area (Å²) in [4.78, 5) is 29.3. The van der Waals surface area contributed by atoms with Gasteiger partial charge in [-0.2, -0.15) is 0 Å². The molecule has 0 radical (unpaired) electrons. The molecule has 1 aliphatic heterocycles. The molecule has 1 atom stereocenters. The van der Waals surface area contributed by atoms with Crippen molar-refractivity contribution in [3.63, 3.8) is 0 Å². The number of carbonyl (C=O) groups is 2. The fraction of sp³-hybridized carbons (Fsp3) is 0.360. The minimum Gasteiger partial charge on any atom is -0.341 e.